The number of pyridine rings is 1. The van der Waals surface area contributed by atoms with Crippen LogP contribution in [0.5, 0.6) is 0 Å². The molecule has 0 saturated carbocycles. The predicted octanol–water partition coefficient (Wildman–Crippen LogP) is 2.23. The van der Waals surface area contributed by atoms with Crippen LogP contribution in [0.1, 0.15) is 18.4 Å². The van der Waals surface area contributed by atoms with Crippen LogP contribution in [-0.2, 0) is 6.54 Å². The smallest absolute Gasteiger partial charge is 0.147 e. The van der Waals surface area contributed by atoms with Crippen LogP contribution in [0.15, 0.2) is 12.3 Å². The predicted molar refractivity (Wildman–Crippen MR) is 85.5 cm³/mol. The highest BCUT2D eigenvalue weighted by Gasteiger charge is 2.19. The lowest BCUT2D eigenvalue weighted by Gasteiger charge is -2.32. The van der Waals surface area contributed by atoms with Gasteiger partial charge in [-0.15, -0.1) is 0 Å². The van der Waals surface area contributed by atoms with E-state index in [1.54, 1.807) is 0 Å². The normalized spacial score (nSPS) is 17.4. The average Bonchev–Trinajstić information content (AvgIpc) is 2.42. The van der Waals surface area contributed by atoms with E-state index in [-0.39, 0.29) is 0 Å². The van der Waals surface area contributed by atoms with Gasteiger partial charge in [-0.2, -0.15) is 0 Å². The monoisotopic (exact) mass is 296 g/mol. The largest absolute Gasteiger partial charge is 0.358 e. The molecule has 1 aromatic heterocycles. The van der Waals surface area contributed by atoms with Crippen LogP contribution in [-0.4, -0.2) is 50.7 Å². The Morgan fingerprint density at radius 2 is 2.15 bits per heavy atom. The number of nitrogens with zero attached hydrogens (tertiary/aromatic N) is 3. The summed E-state index contributed by atoms with van der Waals surface area (Å²) in [6.45, 7) is 4.22. The van der Waals surface area contributed by atoms with Crippen molar-refractivity contribution >= 4 is 17.4 Å². The summed E-state index contributed by atoms with van der Waals surface area (Å²) >= 11 is 6.36. The van der Waals surface area contributed by atoms with E-state index in [1.165, 1.54) is 25.9 Å². The van der Waals surface area contributed by atoms with Gasteiger partial charge < -0.3 is 15.1 Å². The highest BCUT2D eigenvalue weighted by molar-refractivity contribution is 6.33. The molecule has 0 aromatic carbocycles. The summed E-state index contributed by atoms with van der Waals surface area (Å²) in [7, 11) is 6.21. The Morgan fingerprint density at radius 1 is 1.45 bits per heavy atom. The lowest BCUT2D eigenvalue weighted by Crippen LogP contribution is -2.36. The summed E-state index contributed by atoms with van der Waals surface area (Å²) in [6.07, 6.45) is 4.43. The Bertz CT molecular complexity index is 430. The number of likely N-dealkylation sites (tertiary alicyclic amines) is 1. The Labute approximate surface area is 127 Å². The zero-order valence-electron chi connectivity index (χ0n) is 12.7. The lowest BCUT2D eigenvalue weighted by molar-refractivity contribution is 0.222. The third-order valence-corrected chi connectivity index (χ3v) is 4.27. The Kier molecular flexibility index (Phi) is 5.64. The van der Waals surface area contributed by atoms with Crippen LogP contribution in [0.2, 0.25) is 5.02 Å². The summed E-state index contributed by atoms with van der Waals surface area (Å²) in [5, 5.41) is 3.86. The molecule has 0 aliphatic carbocycles. The molecule has 1 fully saturated rings. The number of nitrogens with one attached hydrogen (secondary N) is 1. The molecule has 1 aliphatic rings. The van der Waals surface area contributed by atoms with E-state index in [1.807, 2.05) is 19.3 Å². The summed E-state index contributed by atoms with van der Waals surface area (Å²) in [6, 6.07) is 2.01. The Balaban J connectivity index is 1.96. The fourth-order valence-electron chi connectivity index (χ4n) is 2.77. The van der Waals surface area contributed by atoms with Crippen LogP contribution < -0.4 is 10.2 Å². The minimum atomic E-state index is 0.742. The van der Waals surface area contributed by atoms with Gasteiger partial charge in [0.05, 0.1) is 5.02 Å². The molecular weight excluding hydrogens is 272 g/mol. The summed E-state index contributed by atoms with van der Waals surface area (Å²) in [5.41, 5.74) is 1.12. The molecule has 5 heteroatoms. The van der Waals surface area contributed by atoms with Crippen LogP contribution in [0.25, 0.3) is 0 Å². The van der Waals surface area contributed by atoms with Crippen molar-refractivity contribution < 1.29 is 0 Å². The molecule has 2 heterocycles. The molecule has 0 unspecified atom stereocenters. The number of piperidine rings is 1. The molecule has 20 heavy (non-hydrogen) atoms. The molecule has 1 aliphatic heterocycles. The number of hydrogen-bond acceptors (Lipinski definition) is 4. The highest BCUT2D eigenvalue weighted by Crippen LogP contribution is 2.25. The molecule has 1 N–H and O–H groups in total. The third-order valence-electron chi connectivity index (χ3n) is 3.99. The maximum atomic E-state index is 6.36. The number of rotatable bonds is 5. The molecule has 1 saturated heterocycles. The molecule has 0 amide bonds. The van der Waals surface area contributed by atoms with Gasteiger partial charge >= 0.3 is 0 Å². The highest BCUT2D eigenvalue weighted by atomic mass is 35.5. The summed E-state index contributed by atoms with van der Waals surface area (Å²) in [5.74, 6) is 1.64. The summed E-state index contributed by atoms with van der Waals surface area (Å²) in [4.78, 5) is 9.11. The van der Waals surface area contributed by atoms with Gasteiger partial charge in [-0.25, -0.2) is 4.98 Å². The topological polar surface area (TPSA) is 31.4 Å². The molecule has 0 atom stereocenters. The van der Waals surface area contributed by atoms with Gasteiger partial charge in [-0.3, -0.25) is 0 Å². The number of halogens is 1. The van der Waals surface area contributed by atoms with Crippen molar-refractivity contribution in [2.24, 2.45) is 5.92 Å². The van der Waals surface area contributed by atoms with E-state index in [0.717, 1.165) is 35.4 Å². The molecule has 0 spiro atoms. The van der Waals surface area contributed by atoms with Crippen molar-refractivity contribution in [2.45, 2.75) is 19.4 Å². The van der Waals surface area contributed by atoms with Crippen molar-refractivity contribution in [1.29, 1.82) is 0 Å². The molecule has 0 radical (unpaired) electrons. The number of anilines is 1. The van der Waals surface area contributed by atoms with Crippen LogP contribution in [0.3, 0.4) is 0 Å². The van der Waals surface area contributed by atoms with E-state index < -0.39 is 0 Å². The van der Waals surface area contributed by atoms with Gasteiger partial charge in [0.15, 0.2) is 0 Å². The van der Waals surface area contributed by atoms with Gasteiger partial charge in [0.1, 0.15) is 5.82 Å². The third kappa shape index (κ3) is 4.08. The number of aromatic nitrogens is 1. The quantitative estimate of drug-likeness (QED) is 0.903. The van der Waals surface area contributed by atoms with Crippen LogP contribution >= 0.6 is 11.6 Å². The van der Waals surface area contributed by atoms with Crippen molar-refractivity contribution in [3.63, 3.8) is 0 Å². The summed E-state index contributed by atoms with van der Waals surface area (Å²) < 4.78 is 0. The van der Waals surface area contributed by atoms with E-state index in [4.69, 9.17) is 11.6 Å². The van der Waals surface area contributed by atoms with Crippen LogP contribution in [0.4, 0.5) is 5.82 Å². The first kappa shape index (κ1) is 15.5. The zero-order valence-corrected chi connectivity index (χ0v) is 13.5. The molecule has 2 rings (SSSR count). The fraction of sp³-hybridized carbons (Fsp3) is 0.667. The van der Waals surface area contributed by atoms with Gasteiger partial charge in [0.2, 0.25) is 0 Å². The average molecular weight is 297 g/mol. The van der Waals surface area contributed by atoms with Gasteiger partial charge in [-0.05, 0) is 57.6 Å². The SMILES string of the molecule is CNCc1cnc(N(C)CC2CCN(C)CC2)c(Cl)c1. The second kappa shape index (κ2) is 7.25. The maximum absolute atomic E-state index is 6.36. The van der Waals surface area contributed by atoms with E-state index in [0.29, 0.717) is 0 Å². The van der Waals surface area contributed by atoms with Gasteiger partial charge in [-0.1, -0.05) is 11.6 Å². The molecular formula is C15H25ClN4. The van der Waals surface area contributed by atoms with Crippen molar-refractivity contribution in [1.82, 2.24) is 15.2 Å². The zero-order chi connectivity index (χ0) is 14.5. The lowest BCUT2D eigenvalue weighted by atomic mass is 9.97. The second-order valence-corrected chi connectivity index (χ2v) is 6.21. The molecule has 1 aromatic rings. The first-order valence-corrected chi connectivity index (χ1v) is 7.66. The fourth-order valence-corrected chi connectivity index (χ4v) is 3.10. The Hall–Kier alpha value is -0.840. The van der Waals surface area contributed by atoms with Gasteiger partial charge in [0.25, 0.3) is 0 Å². The second-order valence-electron chi connectivity index (χ2n) is 5.81. The molecule has 112 valence electrons. The minimum absolute atomic E-state index is 0.742. The number of hydrogen-bond donors (Lipinski definition) is 1. The van der Waals surface area contributed by atoms with E-state index >= 15 is 0 Å². The van der Waals surface area contributed by atoms with E-state index in [9.17, 15) is 0 Å². The van der Waals surface area contributed by atoms with Crippen molar-refractivity contribution in [3.05, 3.63) is 22.8 Å². The standard InChI is InChI=1S/C15H25ClN4/c1-17-9-13-8-14(16)15(18-10-13)20(3)11-12-4-6-19(2)7-5-12/h8,10,12,17H,4-7,9,11H2,1-3H3. The van der Waals surface area contributed by atoms with Crippen molar-refractivity contribution in [3.8, 4) is 0 Å². The first-order chi connectivity index (χ1) is 9.60. The van der Waals surface area contributed by atoms with Crippen molar-refractivity contribution in [2.75, 3.05) is 45.7 Å². The first-order valence-electron chi connectivity index (χ1n) is 7.29. The molecule has 0 bridgehead atoms. The maximum Gasteiger partial charge on any atom is 0.147 e. The Morgan fingerprint density at radius 3 is 2.75 bits per heavy atom. The molecule has 4 nitrogen and oxygen atoms in total. The minimum Gasteiger partial charge on any atom is -0.358 e. The van der Waals surface area contributed by atoms with Gasteiger partial charge in [0, 0.05) is 26.3 Å². The van der Waals surface area contributed by atoms with Crippen LogP contribution in [0, 0.1) is 5.92 Å². The van der Waals surface area contributed by atoms with E-state index in [2.05, 4.69) is 34.2 Å².